The summed E-state index contributed by atoms with van der Waals surface area (Å²) in [5.41, 5.74) is 2.53. The van der Waals surface area contributed by atoms with Gasteiger partial charge in [-0.2, -0.15) is 0 Å². The number of hydrogen-bond donors (Lipinski definition) is 2. The van der Waals surface area contributed by atoms with Gasteiger partial charge in [0.1, 0.15) is 16.3 Å². The van der Waals surface area contributed by atoms with E-state index in [1.165, 1.54) is 29.6 Å². The van der Waals surface area contributed by atoms with Crippen molar-refractivity contribution in [3.05, 3.63) is 51.0 Å². The first-order valence-corrected chi connectivity index (χ1v) is 11.5. The molecule has 0 saturated heterocycles. The summed E-state index contributed by atoms with van der Waals surface area (Å²) < 4.78 is 10.3. The second kappa shape index (κ2) is 9.92. The molecular weight excluding hydrogens is 452 g/mol. The van der Waals surface area contributed by atoms with E-state index in [1.807, 2.05) is 17.5 Å². The Kier molecular flexibility index (Phi) is 7.26. The molecule has 0 radical (unpaired) electrons. The minimum Gasteiger partial charge on any atom is -0.462 e. The summed E-state index contributed by atoms with van der Waals surface area (Å²) >= 11 is 2.65. The van der Waals surface area contributed by atoms with E-state index in [9.17, 15) is 19.2 Å². The lowest BCUT2D eigenvalue weighted by atomic mass is 10.1. The third-order valence-corrected chi connectivity index (χ3v) is 6.44. The van der Waals surface area contributed by atoms with Gasteiger partial charge in [0, 0.05) is 27.1 Å². The van der Waals surface area contributed by atoms with Crippen LogP contribution in [0.5, 0.6) is 0 Å². The van der Waals surface area contributed by atoms with Gasteiger partial charge in [0.05, 0.1) is 6.61 Å². The van der Waals surface area contributed by atoms with Crippen molar-refractivity contribution >= 4 is 51.3 Å². The molecule has 0 aromatic carbocycles. The second-order valence-electron chi connectivity index (χ2n) is 6.86. The normalized spacial score (nSPS) is 10.6. The van der Waals surface area contributed by atoms with Crippen LogP contribution in [0, 0.1) is 13.8 Å². The Morgan fingerprint density at radius 1 is 1.06 bits per heavy atom. The highest BCUT2D eigenvalue weighted by Gasteiger charge is 2.25. The van der Waals surface area contributed by atoms with Crippen LogP contribution in [0.15, 0.2) is 22.9 Å². The minimum absolute atomic E-state index is 0.129. The number of esters is 2. The molecule has 3 rings (SSSR count). The number of aromatic nitrogens is 1. The zero-order valence-corrected chi connectivity index (χ0v) is 19.6. The van der Waals surface area contributed by atoms with Crippen LogP contribution < -0.4 is 5.32 Å². The first kappa shape index (κ1) is 23.4. The average Bonchev–Trinajstić information content (AvgIpc) is 3.45. The quantitative estimate of drug-likeness (QED) is 0.364. The van der Waals surface area contributed by atoms with Crippen molar-refractivity contribution in [1.82, 2.24) is 4.98 Å². The Balaban J connectivity index is 1.73. The highest BCUT2D eigenvalue weighted by atomic mass is 32.1. The van der Waals surface area contributed by atoms with Gasteiger partial charge in [-0.25, -0.2) is 9.59 Å². The number of hydrogen-bond acceptors (Lipinski definition) is 8. The van der Waals surface area contributed by atoms with E-state index in [0.717, 1.165) is 4.88 Å². The van der Waals surface area contributed by atoms with E-state index < -0.39 is 24.5 Å². The van der Waals surface area contributed by atoms with Crippen LogP contribution in [-0.2, 0) is 14.3 Å². The molecule has 2 N–H and O–H groups in total. The van der Waals surface area contributed by atoms with Crippen LogP contribution in [0.4, 0.5) is 5.00 Å². The maximum Gasteiger partial charge on any atom is 0.355 e. The molecule has 32 heavy (non-hydrogen) atoms. The van der Waals surface area contributed by atoms with Crippen molar-refractivity contribution in [2.24, 2.45) is 0 Å². The number of nitrogens with one attached hydrogen (secondary N) is 2. The van der Waals surface area contributed by atoms with Crippen LogP contribution in [0.2, 0.25) is 0 Å². The molecule has 0 atom stereocenters. The molecule has 0 spiro atoms. The molecule has 3 aromatic heterocycles. The van der Waals surface area contributed by atoms with E-state index in [4.69, 9.17) is 9.47 Å². The lowest BCUT2D eigenvalue weighted by molar-refractivity contribution is -0.119. The highest BCUT2D eigenvalue weighted by Crippen LogP contribution is 2.38. The zero-order chi connectivity index (χ0) is 23.4. The molecule has 0 bridgehead atoms. The van der Waals surface area contributed by atoms with Crippen LogP contribution in [0.25, 0.3) is 10.4 Å². The third kappa shape index (κ3) is 4.81. The number of H-pyrrole nitrogens is 1. The second-order valence-corrected chi connectivity index (χ2v) is 8.68. The van der Waals surface area contributed by atoms with Crippen molar-refractivity contribution in [2.45, 2.75) is 27.7 Å². The molecule has 1 amide bonds. The standard InChI is InChI=1S/C22H22N2O6S2/c1-5-29-21(27)18-14(15-7-6-8-31-15)10-32-20(18)24-16(26)9-30-22(28)19-11(2)17(13(4)25)12(3)23-19/h6-8,10,23H,5,9H2,1-4H3,(H,24,26). The third-order valence-electron chi connectivity index (χ3n) is 4.64. The van der Waals surface area contributed by atoms with Gasteiger partial charge in [0.2, 0.25) is 0 Å². The lowest BCUT2D eigenvalue weighted by Crippen LogP contribution is -2.22. The van der Waals surface area contributed by atoms with Crippen molar-refractivity contribution in [2.75, 3.05) is 18.5 Å². The number of rotatable bonds is 8. The zero-order valence-electron chi connectivity index (χ0n) is 18.0. The summed E-state index contributed by atoms with van der Waals surface area (Å²) in [7, 11) is 0. The number of aryl methyl sites for hydroxylation is 1. The molecule has 8 nitrogen and oxygen atoms in total. The molecule has 168 valence electrons. The number of anilines is 1. The summed E-state index contributed by atoms with van der Waals surface area (Å²) in [5, 5.41) is 6.61. The lowest BCUT2D eigenvalue weighted by Gasteiger charge is -2.08. The predicted molar refractivity (Wildman–Crippen MR) is 123 cm³/mol. The van der Waals surface area contributed by atoms with E-state index in [0.29, 0.717) is 27.4 Å². The number of ketones is 1. The van der Waals surface area contributed by atoms with Crippen LogP contribution in [0.3, 0.4) is 0 Å². The number of carbonyl (C=O) groups is 4. The Morgan fingerprint density at radius 3 is 2.41 bits per heavy atom. The van der Waals surface area contributed by atoms with Crippen LogP contribution in [0.1, 0.15) is 56.3 Å². The van der Waals surface area contributed by atoms with E-state index in [2.05, 4.69) is 10.3 Å². The van der Waals surface area contributed by atoms with Gasteiger partial charge in [-0.15, -0.1) is 22.7 Å². The molecule has 0 aliphatic rings. The van der Waals surface area contributed by atoms with E-state index in [1.54, 1.807) is 26.2 Å². The molecule has 0 aliphatic heterocycles. The van der Waals surface area contributed by atoms with Gasteiger partial charge in [0.25, 0.3) is 5.91 Å². The van der Waals surface area contributed by atoms with Crippen LogP contribution in [-0.4, -0.2) is 41.8 Å². The smallest absolute Gasteiger partial charge is 0.355 e. The van der Waals surface area contributed by atoms with Gasteiger partial charge < -0.3 is 19.8 Å². The Hall–Kier alpha value is -3.24. The molecule has 0 fully saturated rings. The summed E-state index contributed by atoms with van der Waals surface area (Å²) in [5.74, 6) is -2.06. The van der Waals surface area contributed by atoms with Crippen molar-refractivity contribution in [3.8, 4) is 10.4 Å². The maximum absolute atomic E-state index is 12.5. The SMILES string of the molecule is CCOC(=O)c1c(-c2cccs2)csc1NC(=O)COC(=O)c1[nH]c(C)c(C(C)=O)c1C. The maximum atomic E-state index is 12.5. The van der Waals surface area contributed by atoms with E-state index >= 15 is 0 Å². The fraction of sp³-hybridized carbons (Fsp3) is 0.273. The summed E-state index contributed by atoms with van der Waals surface area (Å²) in [4.78, 5) is 52.8. The molecule has 0 unspecified atom stereocenters. The largest absolute Gasteiger partial charge is 0.462 e. The van der Waals surface area contributed by atoms with Gasteiger partial charge in [-0.1, -0.05) is 6.07 Å². The van der Waals surface area contributed by atoms with Crippen LogP contribution >= 0.6 is 22.7 Å². The van der Waals surface area contributed by atoms with E-state index in [-0.39, 0.29) is 23.6 Å². The number of ether oxygens (including phenoxy) is 2. The molecular formula is C22H22N2O6S2. The number of amides is 1. The van der Waals surface area contributed by atoms with Gasteiger partial charge in [-0.05, 0) is 44.7 Å². The summed E-state index contributed by atoms with van der Waals surface area (Å²) in [6.45, 7) is 6.08. The molecule has 0 saturated carbocycles. The minimum atomic E-state index is -0.746. The fourth-order valence-electron chi connectivity index (χ4n) is 3.32. The van der Waals surface area contributed by atoms with Gasteiger partial charge in [0.15, 0.2) is 12.4 Å². The topological polar surface area (TPSA) is 115 Å². The van der Waals surface area contributed by atoms with Gasteiger partial charge >= 0.3 is 11.9 Å². The molecule has 3 aromatic rings. The van der Waals surface area contributed by atoms with Crippen molar-refractivity contribution in [3.63, 3.8) is 0 Å². The number of thiophene rings is 2. The predicted octanol–water partition coefficient (Wildman–Crippen LogP) is 4.60. The average molecular weight is 475 g/mol. The first-order valence-electron chi connectivity index (χ1n) is 9.74. The number of Topliss-reactive ketones (excluding diaryl/α,β-unsaturated/α-hetero) is 1. The van der Waals surface area contributed by atoms with Crippen molar-refractivity contribution in [1.29, 1.82) is 0 Å². The summed E-state index contributed by atoms with van der Waals surface area (Å²) in [6.07, 6.45) is 0. The highest BCUT2D eigenvalue weighted by molar-refractivity contribution is 7.17. The Labute approximate surface area is 192 Å². The number of carbonyl (C=O) groups excluding carboxylic acids is 4. The molecule has 10 heteroatoms. The first-order chi connectivity index (χ1) is 15.2. The fourth-order valence-corrected chi connectivity index (χ4v) is 5.11. The van der Waals surface area contributed by atoms with Crippen molar-refractivity contribution < 1.29 is 28.7 Å². The molecule has 0 aliphatic carbocycles. The Bertz CT molecular complexity index is 1170. The Morgan fingerprint density at radius 2 is 1.81 bits per heavy atom. The van der Waals surface area contributed by atoms with Gasteiger partial charge in [-0.3, -0.25) is 9.59 Å². The monoisotopic (exact) mass is 474 g/mol. The number of aromatic amines is 1. The molecule has 3 heterocycles. The summed E-state index contributed by atoms with van der Waals surface area (Å²) in [6, 6.07) is 3.74.